The fraction of sp³-hybridized carbons (Fsp3) is 0.474. The molecule has 6 nitrogen and oxygen atoms in total. The first-order chi connectivity index (χ1) is 11.9. The predicted octanol–water partition coefficient (Wildman–Crippen LogP) is 3.24. The van der Waals surface area contributed by atoms with Crippen molar-refractivity contribution in [2.75, 3.05) is 0 Å². The Labute approximate surface area is 149 Å². The van der Waals surface area contributed by atoms with Crippen LogP contribution in [-0.2, 0) is 18.5 Å². The van der Waals surface area contributed by atoms with Crippen molar-refractivity contribution in [3.8, 4) is 12.1 Å². The maximum absolute atomic E-state index is 9.52. The molecule has 0 bridgehead atoms. The molecule has 1 aromatic carbocycles. The summed E-state index contributed by atoms with van der Waals surface area (Å²) in [6, 6.07) is 8.50. The smallest absolute Gasteiger partial charge is 0.137 e. The lowest BCUT2D eigenvalue weighted by Gasteiger charge is -2.24. The van der Waals surface area contributed by atoms with E-state index in [1.165, 1.54) is 6.33 Å². The van der Waals surface area contributed by atoms with E-state index in [2.05, 4.69) is 22.2 Å². The number of hydrogen-bond donors (Lipinski definition) is 1. The highest BCUT2D eigenvalue weighted by Crippen LogP contribution is 2.32. The van der Waals surface area contributed by atoms with Crippen LogP contribution >= 0.6 is 0 Å². The Bertz CT molecular complexity index is 762. The first-order valence-corrected chi connectivity index (χ1v) is 8.42. The lowest BCUT2D eigenvalue weighted by molar-refractivity contribution is 0.649. The highest BCUT2D eigenvalue weighted by Gasteiger charge is 2.26. The summed E-state index contributed by atoms with van der Waals surface area (Å²) in [7, 11) is 0. The summed E-state index contributed by atoms with van der Waals surface area (Å²) >= 11 is 0. The average Bonchev–Trinajstić information content (AvgIpc) is 3.15. The van der Waals surface area contributed by atoms with Crippen molar-refractivity contribution in [2.24, 2.45) is 5.73 Å². The van der Waals surface area contributed by atoms with E-state index >= 15 is 0 Å². The van der Waals surface area contributed by atoms with Crippen molar-refractivity contribution in [1.82, 2.24) is 14.8 Å². The topological polar surface area (TPSA) is 104 Å². The Kier molecular flexibility index (Phi) is 7.29. The molecule has 6 heteroatoms. The maximum Gasteiger partial charge on any atom is 0.137 e. The molecule has 0 spiro atoms. The van der Waals surface area contributed by atoms with Gasteiger partial charge in [0, 0.05) is 6.54 Å². The lowest BCUT2D eigenvalue weighted by Crippen LogP contribution is -2.21. The molecule has 2 rings (SSSR count). The summed E-state index contributed by atoms with van der Waals surface area (Å²) in [6.07, 6.45) is 3.11. The molecule has 0 aliphatic carbocycles. The van der Waals surface area contributed by atoms with Gasteiger partial charge in [0.1, 0.15) is 12.7 Å². The van der Waals surface area contributed by atoms with Crippen LogP contribution in [0.5, 0.6) is 0 Å². The Morgan fingerprint density at radius 3 is 2.44 bits per heavy atom. The van der Waals surface area contributed by atoms with Gasteiger partial charge in [-0.1, -0.05) is 26.0 Å². The second-order valence-electron chi connectivity index (χ2n) is 6.09. The van der Waals surface area contributed by atoms with Gasteiger partial charge in [-0.3, -0.25) is 0 Å². The van der Waals surface area contributed by atoms with Crippen LogP contribution in [0.1, 0.15) is 62.8 Å². The molecule has 2 aromatic rings. The van der Waals surface area contributed by atoms with E-state index in [0.29, 0.717) is 13.1 Å². The molecule has 0 saturated heterocycles. The third-order valence-corrected chi connectivity index (χ3v) is 4.01. The minimum Gasteiger partial charge on any atom is -0.326 e. The fourth-order valence-electron chi connectivity index (χ4n) is 2.57. The number of nitrogens with zero attached hydrogens (tertiary/aromatic N) is 5. The third kappa shape index (κ3) is 4.65. The van der Waals surface area contributed by atoms with Gasteiger partial charge in [0.05, 0.1) is 30.0 Å². The number of aromatic nitrogens is 3. The SMILES string of the molecule is CC.CC(C#N)c1cc(Cn2cncn2)c(CN)c(C(C)(C)C#N)c1. The lowest BCUT2D eigenvalue weighted by atomic mass is 9.79. The molecule has 0 aliphatic rings. The zero-order chi connectivity index (χ0) is 19.0. The minimum absolute atomic E-state index is 0.260. The van der Waals surface area contributed by atoms with E-state index in [4.69, 9.17) is 5.73 Å². The normalized spacial score (nSPS) is 11.7. The summed E-state index contributed by atoms with van der Waals surface area (Å²) in [6.45, 7) is 10.4. The first-order valence-electron chi connectivity index (χ1n) is 8.42. The van der Waals surface area contributed by atoms with E-state index in [0.717, 1.165) is 22.3 Å². The third-order valence-electron chi connectivity index (χ3n) is 4.01. The van der Waals surface area contributed by atoms with E-state index in [1.807, 2.05) is 46.8 Å². The van der Waals surface area contributed by atoms with Crippen LogP contribution in [-0.4, -0.2) is 14.8 Å². The summed E-state index contributed by atoms with van der Waals surface area (Å²) in [4.78, 5) is 3.95. The molecular formula is C19H26N6. The number of rotatable bonds is 5. The Morgan fingerprint density at radius 1 is 1.28 bits per heavy atom. The van der Waals surface area contributed by atoms with Crippen molar-refractivity contribution in [3.05, 3.63) is 47.0 Å². The van der Waals surface area contributed by atoms with Crippen LogP contribution in [0.3, 0.4) is 0 Å². The number of benzene rings is 1. The monoisotopic (exact) mass is 338 g/mol. The van der Waals surface area contributed by atoms with Gasteiger partial charge < -0.3 is 5.73 Å². The van der Waals surface area contributed by atoms with Crippen LogP contribution in [0.2, 0.25) is 0 Å². The van der Waals surface area contributed by atoms with Gasteiger partial charge in [0.25, 0.3) is 0 Å². The van der Waals surface area contributed by atoms with Crippen LogP contribution in [0, 0.1) is 22.7 Å². The molecule has 2 N–H and O–H groups in total. The summed E-state index contributed by atoms with van der Waals surface area (Å²) in [5.74, 6) is -0.260. The first kappa shape index (κ1) is 20.3. The van der Waals surface area contributed by atoms with Gasteiger partial charge in [0.2, 0.25) is 0 Å². The van der Waals surface area contributed by atoms with Gasteiger partial charge in [-0.25, -0.2) is 9.67 Å². The standard InChI is InChI=1S/C17H20N6.C2H6/c1-12(6-18)13-4-14(8-23-11-21-10-22-23)15(7-19)16(5-13)17(2,3)9-20;1-2/h4-5,10-12H,7-8,19H2,1-3H3;1-2H3. The van der Waals surface area contributed by atoms with E-state index in [1.54, 1.807) is 11.0 Å². The van der Waals surface area contributed by atoms with Crippen molar-refractivity contribution in [2.45, 2.75) is 59.0 Å². The molecule has 1 unspecified atom stereocenters. The van der Waals surface area contributed by atoms with Gasteiger partial charge >= 0.3 is 0 Å². The van der Waals surface area contributed by atoms with Crippen LogP contribution < -0.4 is 5.73 Å². The largest absolute Gasteiger partial charge is 0.326 e. The molecule has 1 aromatic heterocycles. The molecule has 1 atom stereocenters. The zero-order valence-corrected chi connectivity index (χ0v) is 15.6. The second kappa shape index (κ2) is 8.96. The van der Waals surface area contributed by atoms with E-state index < -0.39 is 5.41 Å². The van der Waals surface area contributed by atoms with Crippen molar-refractivity contribution in [3.63, 3.8) is 0 Å². The van der Waals surface area contributed by atoms with Gasteiger partial charge in [-0.05, 0) is 43.0 Å². The van der Waals surface area contributed by atoms with E-state index in [-0.39, 0.29) is 5.92 Å². The van der Waals surface area contributed by atoms with Gasteiger partial charge in [0.15, 0.2) is 0 Å². The van der Waals surface area contributed by atoms with Crippen molar-refractivity contribution >= 4 is 0 Å². The molecule has 25 heavy (non-hydrogen) atoms. The molecule has 0 amide bonds. The van der Waals surface area contributed by atoms with Crippen LogP contribution in [0.15, 0.2) is 24.8 Å². The predicted molar refractivity (Wildman–Crippen MR) is 97.5 cm³/mol. The van der Waals surface area contributed by atoms with Crippen LogP contribution in [0.4, 0.5) is 0 Å². The molecular weight excluding hydrogens is 312 g/mol. The van der Waals surface area contributed by atoms with Crippen molar-refractivity contribution < 1.29 is 0 Å². The highest BCUT2D eigenvalue weighted by molar-refractivity contribution is 5.47. The quantitative estimate of drug-likeness (QED) is 0.901. The summed E-state index contributed by atoms with van der Waals surface area (Å²) < 4.78 is 1.71. The highest BCUT2D eigenvalue weighted by atomic mass is 15.3. The van der Waals surface area contributed by atoms with Crippen LogP contribution in [0.25, 0.3) is 0 Å². The molecule has 0 aliphatic heterocycles. The zero-order valence-electron chi connectivity index (χ0n) is 15.6. The van der Waals surface area contributed by atoms with E-state index in [9.17, 15) is 10.5 Å². The number of hydrogen-bond acceptors (Lipinski definition) is 5. The van der Waals surface area contributed by atoms with Gasteiger partial charge in [-0.15, -0.1) is 0 Å². The Hall–Kier alpha value is -2.70. The Morgan fingerprint density at radius 2 is 1.96 bits per heavy atom. The number of nitriles is 2. The Balaban J connectivity index is 0.00000151. The molecule has 0 saturated carbocycles. The maximum atomic E-state index is 9.52. The number of nitrogens with two attached hydrogens (primary N) is 1. The minimum atomic E-state index is -0.684. The molecule has 0 radical (unpaired) electrons. The van der Waals surface area contributed by atoms with Gasteiger partial charge in [-0.2, -0.15) is 15.6 Å². The summed E-state index contributed by atoms with van der Waals surface area (Å²) in [5.41, 5.74) is 8.95. The summed E-state index contributed by atoms with van der Waals surface area (Å²) in [5, 5.41) is 22.9. The second-order valence-corrected chi connectivity index (χ2v) is 6.09. The molecule has 1 heterocycles. The fourth-order valence-corrected chi connectivity index (χ4v) is 2.57. The van der Waals surface area contributed by atoms with Crippen molar-refractivity contribution in [1.29, 1.82) is 10.5 Å². The average molecular weight is 338 g/mol. The molecule has 0 fully saturated rings. The molecule has 132 valence electrons.